The number of nitrogens with one attached hydrogen (secondary N) is 1. The number of hydrogen-bond donors (Lipinski definition) is 1. The second-order valence-electron chi connectivity index (χ2n) is 6.49. The van der Waals surface area contributed by atoms with Crippen molar-refractivity contribution >= 4 is 23.4 Å². The first-order valence-corrected chi connectivity index (χ1v) is 9.95. The van der Waals surface area contributed by atoms with Gasteiger partial charge in [-0.2, -0.15) is 0 Å². The van der Waals surface area contributed by atoms with Crippen molar-refractivity contribution in [2.75, 3.05) is 12.4 Å². The molecular formula is C22H21FN2O3S. The molecule has 0 aliphatic heterocycles. The molecule has 3 rings (SSSR count). The molecule has 0 saturated heterocycles. The van der Waals surface area contributed by atoms with Gasteiger partial charge in [-0.3, -0.25) is 9.59 Å². The van der Waals surface area contributed by atoms with E-state index in [2.05, 4.69) is 5.32 Å². The molecule has 150 valence electrons. The summed E-state index contributed by atoms with van der Waals surface area (Å²) in [6.07, 6.45) is 1.53. The molecular weight excluding hydrogens is 391 g/mol. The minimum atomic E-state index is -0.428. The van der Waals surface area contributed by atoms with E-state index in [1.165, 1.54) is 43.1 Å². The average Bonchev–Trinajstić information content (AvgIpc) is 2.69. The maximum atomic E-state index is 13.3. The zero-order valence-corrected chi connectivity index (χ0v) is 17.0. The van der Waals surface area contributed by atoms with Gasteiger partial charge in [0.05, 0.1) is 13.3 Å². The Bertz CT molecular complexity index is 1060. The molecule has 0 saturated carbocycles. The number of ether oxygens (including phenoxy) is 1. The van der Waals surface area contributed by atoms with Crippen LogP contribution in [0.1, 0.15) is 11.3 Å². The number of benzene rings is 2. The van der Waals surface area contributed by atoms with Crippen molar-refractivity contribution in [1.82, 2.24) is 4.57 Å². The van der Waals surface area contributed by atoms with Gasteiger partial charge in [-0.25, -0.2) is 4.39 Å². The van der Waals surface area contributed by atoms with Crippen LogP contribution < -0.4 is 15.5 Å². The van der Waals surface area contributed by atoms with Gasteiger partial charge in [0.15, 0.2) is 5.75 Å². The predicted molar refractivity (Wildman–Crippen MR) is 113 cm³/mol. The first-order chi connectivity index (χ1) is 13.9. The number of carbonyl (C=O) groups excluding carboxylic acids is 1. The molecule has 7 heteroatoms. The van der Waals surface area contributed by atoms with Gasteiger partial charge in [0.1, 0.15) is 12.4 Å². The molecule has 0 atom stereocenters. The quantitative estimate of drug-likeness (QED) is 0.590. The number of pyridine rings is 1. The summed E-state index contributed by atoms with van der Waals surface area (Å²) in [6, 6.07) is 15.3. The normalized spacial score (nSPS) is 10.6. The summed E-state index contributed by atoms with van der Waals surface area (Å²) in [5, 5.41) is 2.67. The molecule has 0 spiro atoms. The fraction of sp³-hybridized carbons (Fsp3) is 0.182. The number of aryl methyl sites for hydroxylation is 1. The first-order valence-electron chi connectivity index (χ1n) is 8.97. The van der Waals surface area contributed by atoms with Crippen molar-refractivity contribution in [3.63, 3.8) is 0 Å². The van der Waals surface area contributed by atoms with Gasteiger partial charge in [0.2, 0.25) is 11.3 Å². The Hall–Kier alpha value is -3.06. The molecule has 5 nitrogen and oxygen atoms in total. The van der Waals surface area contributed by atoms with E-state index in [9.17, 15) is 14.0 Å². The third-order valence-corrected chi connectivity index (χ3v) is 5.28. The van der Waals surface area contributed by atoms with Crippen LogP contribution in [-0.4, -0.2) is 17.6 Å². The van der Waals surface area contributed by atoms with E-state index in [1.54, 1.807) is 22.4 Å². The molecule has 1 N–H and O–H groups in total. The molecule has 0 aliphatic carbocycles. The number of halogens is 1. The van der Waals surface area contributed by atoms with Crippen LogP contribution in [-0.2, 0) is 17.1 Å². The van der Waals surface area contributed by atoms with Crippen LogP contribution in [0.15, 0.2) is 70.5 Å². The largest absolute Gasteiger partial charge is 0.491 e. The Morgan fingerprint density at radius 1 is 1.17 bits per heavy atom. The summed E-state index contributed by atoms with van der Waals surface area (Å²) in [5.74, 6) is -0.0891. The van der Waals surface area contributed by atoms with Gasteiger partial charge in [-0.15, -0.1) is 11.8 Å². The number of rotatable bonds is 7. The molecule has 0 radical (unpaired) electrons. The van der Waals surface area contributed by atoms with Gasteiger partial charge >= 0.3 is 0 Å². The fourth-order valence-electron chi connectivity index (χ4n) is 2.73. The minimum absolute atomic E-state index is 0.0308. The molecule has 29 heavy (non-hydrogen) atoms. The van der Waals surface area contributed by atoms with Crippen molar-refractivity contribution in [1.29, 1.82) is 0 Å². The van der Waals surface area contributed by atoms with Crippen molar-refractivity contribution in [2.45, 2.75) is 24.1 Å². The zero-order chi connectivity index (χ0) is 20.8. The lowest BCUT2D eigenvalue weighted by atomic mass is 10.2. The van der Waals surface area contributed by atoms with Crippen LogP contribution >= 0.6 is 11.8 Å². The Labute approximate surface area is 172 Å². The summed E-state index contributed by atoms with van der Waals surface area (Å²) in [6.45, 7) is 1.99. The van der Waals surface area contributed by atoms with Crippen molar-refractivity contribution in [3.05, 3.63) is 88.1 Å². The summed E-state index contributed by atoms with van der Waals surface area (Å²) < 4.78 is 20.1. The second kappa shape index (κ2) is 9.43. The fourth-order valence-corrected chi connectivity index (χ4v) is 3.62. The number of carbonyl (C=O) groups is 1. The third kappa shape index (κ3) is 5.71. The van der Waals surface area contributed by atoms with Gasteiger partial charge in [0.25, 0.3) is 0 Å². The maximum Gasteiger partial charge on any atom is 0.244 e. The number of hydrogen-bond acceptors (Lipinski definition) is 4. The maximum absolute atomic E-state index is 13.3. The summed E-state index contributed by atoms with van der Waals surface area (Å²) in [4.78, 5) is 25.7. The number of nitrogens with zero attached hydrogens (tertiary/aromatic N) is 1. The van der Waals surface area contributed by atoms with E-state index in [4.69, 9.17) is 4.74 Å². The molecule has 0 bridgehead atoms. The van der Waals surface area contributed by atoms with Crippen LogP contribution in [0.4, 0.5) is 10.1 Å². The number of anilines is 1. The summed E-state index contributed by atoms with van der Waals surface area (Å²) in [5.41, 5.74) is 1.99. The molecule has 1 amide bonds. The highest BCUT2D eigenvalue weighted by atomic mass is 32.2. The second-order valence-corrected chi connectivity index (χ2v) is 7.53. The molecule has 0 unspecified atom stereocenters. The monoisotopic (exact) mass is 412 g/mol. The Kier molecular flexibility index (Phi) is 6.72. The van der Waals surface area contributed by atoms with Crippen LogP contribution in [0.2, 0.25) is 0 Å². The number of amides is 1. The smallest absolute Gasteiger partial charge is 0.244 e. The Morgan fingerprint density at radius 3 is 2.62 bits per heavy atom. The van der Waals surface area contributed by atoms with Gasteiger partial charge in [-0.05, 0) is 37.3 Å². The van der Waals surface area contributed by atoms with Crippen molar-refractivity contribution < 1.29 is 13.9 Å². The van der Waals surface area contributed by atoms with E-state index in [0.29, 0.717) is 17.1 Å². The topological polar surface area (TPSA) is 60.3 Å². The number of thioether (sulfide) groups is 1. The summed E-state index contributed by atoms with van der Waals surface area (Å²) in [7, 11) is 1.41. The predicted octanol–water partition coefficient (Wildman–Crippen LogP) is 4.24. The first kappa shape index (κ1) is 20.7. The number of aromatic nitrogens is 1. The highest BCUT2D eigenvalue weighted by Gasteiger charge is 2.12. The Balaban J connectivity index is 1.78. The standard InChI is InChI=1S/C22H21FN2O3S/c1-15-6-8-19(9-7-15)29-14-18-11-20(26)21(28-2)12-25(18)13-22(27)24-17-5-3-4-16(23)10-17/h3-12H,13-14H2,1-2H3,(H,24,27). The SMILES string of the molecule is COc1cn(CC(=O)Nc2cccc(F)c2)c(CSc2ccc(C)cc2)cc1=O. The zero-order valence-electron chi connectivity index (χ0n) is 16.1. The average molecular weight is 412 g/mol. The van der Waals surface area contributed by atoms with E-state index in [-0.39, 0.29) is 23.6 Å². The van der Waals surface area contributed by atoms with Crippen molar-refractivity contribution in [3.8, 4) is 5.75 Å². The lowest BCUT2D eigenvalue weighted by Gasteiger charge is -2.15. The molecule has 2 aromatic carbocycles. The van der Waals surface area contributed by atoms with Gasteiger partial charge in [0, 0.05) is 28.1 Å². The molecule has 0 aliphatic rings. The van der Waals surface area contributed by atoms with Crippen molar-refractivity contribution in [2.24, 2.45) is 0 Å². The molecule has 3 aromatic rings. The van der Waals surface area contributed by atoms with Gasteiger partial charge in [-0.1, -0.05) is 23.8 Å². The summed E-state index contributed by atoms with van der Waals surface area (Å²) >= 11 is 1.57. The van der Waals surface area contributed by atoms with E-state index in [0.717, 1.165) is 4.90 Å². The molecule has 0 fully saturated rings. The van der Waals surface area contributed by atoms with E-state index in [1.807, 2.05) is 31.2 Å². The molecule has 1 aromatic heterocycles. The lowest BCUT2D eigenvalue weighted by molar-refractivity contribution is -0.116. The lowest BCUT2D eigenvalue weighted by Crippen LogP contribution is -2.22. The van der Waals surface area contributed by atoms with Crippen LogP contribution in [0, 0.1) is 12.7 Å². The van der Waals surface area contributed by atoms with E-state index < -0.39 is 5.82 Å². The highest BCUT2D eigenvalue weighted by molar-refractivity contribution is 7.98. The van der Waals surface area contributed by atoms with Crippen LogP contribution in [0.25, 0.3) is 0 Å². The number of methoxy groups -OCH3 is 1. The van der Waals surface area contributed by atoms with Crippen LogP contribution in [0.5, 0.6) is 5.75 Å². The minimum Gasteiger partial charge on any atom is -0.491 e. The van der Waals surface area contributed by atoms with Gasteiger partial charge < -0.3 is 14.6 Å². The Morgan fingerprint density at radius 2 is 1.93 bits per heavy atom. The molecule has 1 heterocycles. The third-order valence-electron chi connectivity index (χ3n) is 4.23. The van der Waals surface area contributed by atoms with E-state index >= 15 is 0 Å². The van der Waals surface area contributed by atoms with Crippen LogP contribution in [0.3, 0.4) is 0 Å². The highest BCUT2D eigenvalue weighted by Crippen LogP contribution is 2.23.